The van der Waals surface area contributed by atoms with E-state index in [1.165, 1.54) is 11.8 Å². The summed E-state index contributed by atoms with van der Waals surface area (Å²) < 4.78 is 24.8. The van der Waals surface area contributed by atoms with E-state index in [1.807, 2.05) is 6.26 Å². The van der Waals surface area contributed by atoms with E-state index < -0.39 is 18.9 Å². The normalized spacial score (nSPS) is 10.7. The van der Waals surface area contributed by atoms with Gasteiger partial charge in [0.2, 0.25) is 0 Å². The van der Waals surface area contributed by atoms with Crippen LogP contribution in [0.25, 0.3) is 0 Å². The molecule has 0 atom stereocenters. The molecule has 0 saturated heterocycles. The first-order chi connectivity index (χ1) is 8.60. The molecule has 0 saturated carbocycles. The van der Waals surface area contributed by atoms with Crippen LogP contribution >= 0.6 is 11.8 Å². The maximum Gasteiger partial charge on any atom is 0.255 e. The zero-order valence-electron chi connectivity index (χ0n) is 9.97. The monoisotopic (exact) mass is 275 g/mol. The van der Waals surface area contributed by atoms with Crippen molar-refractivity contribution in [3.63, 3.8) is 0 Å². The summed E-state index contributed by atoms with van der Waals surface area (Å²) in [6.45, 7) is -1.09. The molecule has 6 heteroatoms. The quantitative estimate of drug-likeness (QED) is 0.808. The zero-order valence-corrected chi connectivity index (χ0v) is 10.8. The van der Waals surface area contributed by atoms with Gasteiger partial charge in [0.05, 0.1) is 18.7 Å². The third-order valence-electron chi connectivity index (χ3n) is 2.35. The SMILES string of the molecule is CSc1ccccc1C(=O)N(CCO)CC(F)F. The van der Waals surface area contributed by atoms with Crippen LogP contribution in [0.5, 0.6) is 0 Å². The molecule has 0 bridgehead atoms. The number of alkyl halides is 2. The highest BCUT2D eigenvalue weighted by molar-refractivity contribution is 7.98. The number of hydrogen-bond acceptors (Lipinski definition) is 3. The van der Waals surface area contributed by atoms with E-state index in [0.29, 0.717) is 5.56 Å². The first-order valence-corrected chi connectivity index (χ1v) is 6.64. The zero-order chi connectivity index (χ0) is 13.5. The molecule has 0 heterocycles. The minimum Gasteiger partial charge on any atom is -0.395 e. The molecule has 1 rings (SSSR count). The first kappa shape index (κ1) is 14.9. The molecular weight excluding hydrogens is 260 g/mol. The number of benzene rings is 1. The van der Waals surface area contributed by atoms with Gasteiger partial charge in [-0.1, -0.05) is 12.1 Å². The predicted molar refractivity (Wildman–Crippen MR) is 67.2 cm³/mol. The molecule has 0 aliphatic rings. The molecule has 18 heavy (non-hydrogen) atoms. The fourth-order valence-corrected chi connectivity index (χ4v) is 2.14. The number of halogens is 2. The Labute approximate surface area is 109 Å². The summed E-state index contributed by atoms with van der Waals surface area (Å²) in [5, 5.41) is 8.83. The summed E-state index contributed by atoms with van der Waals surface area (Å²) in [6.07, 6.45) is -0.794. The van der Waals surface area contributed by atoms with Crippen LogP contribution in [0.3, 0.4) is 0 Å². The predicted octanol–water partition coefficient (Wildman–Crippen LogP) is 2.11. The Morgan fingerprint density at radius 1 is 1.44 bits per heavy atom. The second kappa shape index (κ2) is 7.33. The Kier molecular flexibility index (Phi) is 6.07. The lowest BCUT2D eigenvalue weighted by molar-refractivity contribution is 0.0506. The van der Waals surface area contributed by atoms with Crippen molar-refractivity contribution < 1.29 is 18.7 Å². The van der Waals surface area contributed by atoms with Gasteiger partial charge in [0.15, 0.2) is 0 Å². The van der Waals surface area contributed by atoms with E-state index in [4.69, 9.17) is 5.11 Å². The van der Waals surface area contributed by atoms with Gasteiger partial charge in [0, 0.05) is 11.4 Å². The van der Waals surface area contributed by atoms with Gasteiger partial charge in [0.25, 0.3) is 12.3 Å². The highest BCUT2D eigenvalue weighted by Crippen LogP contribution is 2.21. The van der Waals surface area contributed by atoms with E-state index in [2.05, 4.69) is 0 Å². The number of carbonyl (C=O) groups is 1. The van der Waals surface area contributed by atoms with E-state index in [0.717, 1.165) is 9.80 Å². The molecular formula is C12H15F2NO2S. The molecule has 1 aromatic rings. The van der Waals surface area contributed by atoms with Gasteiger partial charge < -0.3 is 10.0 Å². The second-order valence-electron chi connectivity index (χ2n) is 3.57. The Hall–Kier alpha value is -1.14. The summed E-state index contributed by atoms with van der Waals surface area (Å²) in [5.74, 6) is -0.477. The molecule has 0 aromatic heterocycles. The molecule has 0 unspecified atom stereocenters. The molecule has 1 amide bonds. The fourth-order valence-electron chi connectivity index (χ4n) is 1.55. The van der Waals surface area contributed by atoms with Crippen LogP contribution < -0.4 is 0 Å². The number of carbonyl (C=O) groups excluding carboxylic acids is 1. The number of rotatable bonds is 6. The van der Waals surface area contributed by atoms with Crippen molar-refractivity contribution in [3.8, 4) is 0 Å². The Bertz CT molecular complexity index is 401. The van der Waals surface area contributed by atoms with Crippen LogP contribution in [0.4, 0.5) is 8.78 Å². The average Bonchev–Trinajstić information content (AvgIpc) is 2.37. The van der Waals surface area contributed by atoms with Gasteiger partial charge in [-0.2, -0.15) is 0 Å². The number of thioether (sulfide) groups is 1. The number of aliphatic hydroxyl groups is 1. The maximum atomic E-state index is 12.4. The molecule has 3 nitrogen and oxygen atoms in total. The lowest BCUT2D eigenvalue weighted by Crippen LogP contribution is -2.37. The molecule has 0 radical (unpaired) electrons. The van der Waals surface area contributed by atoms with Gasteiger partial charge in [-0.05, 0) is 18.4 Å². The highest BCUT2D eigenvalue weighted by atomic mass is 32.2. The van der Waals surface area contributed by atoms with E-state index in [1.54, 1.807) is 24.3 Å². The smallest absolute Gasteiger partial charge is 0.255 e. The van der Waals surface area contributed by atoms with Gasteiger partial charge in [-0.3, -0.25) is 4.79 Å². The van der Waals surface area contributed by atoms with Crippen molar-refractivity contribution in [2.75, 3.05) is 26.0 Å². The highest BCUT2D eigenvalue weighted by Gasteiger charge is 2.21. The summed E-state index contributed by atoms with van der Waals surface area (Å²) >= 11 is 1.38. The largest absolute Gasteiger partial charge is 0.395 e. The van der Waals surface area contributed by atoms with Crippen LogP contribution in [-0.4, -0.2) is 48.3 Å². The Morgan fingerprint density at radius 3 is 2.67 bits per heavy atom. The maximum absolute atomic E-state index is 12.4. The summed E-state index contributed by atoms with van der Waals surface area (Å²) in [4.78, 5) is 13.8. The van der Waals surface area contributed by atoms with Crippen LogP contribution in [0, 0.1) is 0 Å². The van der Waals surface area contributed by atoms with Gasteiger partial charge in [-0.25, -0.2) is 8.78 Å². The molecule has 100 valence electrons. The average molecular weight is 275 g/mol. The molecule has 0 fully saturated rings. The van der Waals surface area contributed by atoms with Gasteiger partial charge in [0.1, 0.15) is 0 Å². The second-order valence-corrected chi connectivity index (χ2v) is 4.41. The van der Waals surface area contributed by atoms with Crippen LogP contribution in [-0.2, 0) is 0 Å². The molecule has 0 spiro atoms. The van der Waals surface area contributed by atoms with Crippen molar-refractivity contribution in [1.82, 2.24) is 4.90 Å². The molecule has 0 aliphatic carbocycles. The third kappa shape index (κ3) is 3.96. The molecule has 0 aliphatic heterocycles. The Morgan fingerprint density at radius 2 is 2.11 bits per heavy atom. The standard InChI is InChI=1S/C12H15F2NO2S/c1-18-10-5-3-2-4-9(10)12(17)15(6-7-16)8-11(13)14/h2-5,11,16H,6-8H2,1H3. The number of aliphatic hydroxyl groups excluding tert-OH is 1. The van der Waals surface area contributed by atoms with Crippen LogP contribution in [0.1, 0.15) is 10.4 Å². The van der Waals surface area contributed by atoms with Crippen LogP contribution in [0.2, 0.25) is 0 Å². The summed E-state index contributed by atoms with van der Waals surface area (Å²) in [5.41, 5.74) is 0.388. The van der Waals surface area contributed by atoms with Crippen molar-refractivity contribution in [3.05, 3.63) is 29.8 Å². The van der Waals surface area contributed by atoms with E-state index >= 15 is 0 Å². The minimum atomic E-state index is -2.61. The van der Waals surface area contributed by atoms with Gasteiger partial charge >= 0.3 is 0 Å². The summed E-state index contributed by atoms with van der Waals surface area (Å²) in [7, 11) is 0. The first-order valence-electron chi connectivity index (χ1n) is 5.41. The minimum absolute atomic E-state index is 0.0914. The molecule has 1 N–H and O–H groups in total. The Balaban J connectivity index is 2.94. The van der Waals surface area contributed by atoms with Crippen molar-refractivity contribution in [1.29, 1.82) is 0 Å². The van der Waals surface area contributed by atoms with Crippen molar-refractivity contribution in [2.45, 2.75) is 11.3 Å². The molecule has 1 aromatic carbocycles. The van der Waals surface area contributed by atoms with Gasteiger partial charge in [-0.15, -0.1) is 11.8 Å². The lowest BCUT2D eigenvalue weighted by atomic mass is 10.2. The summed E-state index contributed by atoms with van der Waals surface area (Å²) in [6, 6.07) is 6.83. The van der Waals surface area contributed by atoms with Crippen molar-refractivity contribution >= 4 is 17.7 Å². The van der Waals surface area contributed by atoms with Crippen LogP contribution in [0.15, 0.2) is 29.2 Å². The lowest BCUT2D eigenvalue weighted by Gasteiger charge is -2.22. The third-order valence-corrected chi connectivity index (χ3v) is 3.15. The number of hydrogen-bond donors (Lipinski definition) is 1. The van der Waals surface area contributed by atoms with E-state index in [-0.39, 0.29) is 13.2 Å². The number of amides is 1. The fraction of sp³-hybridized carbons (Fsp3) is 0.417. The topological polar surface area (TPSA) is 40.5 Å². The van der Waals surface area contributed by atoms with E-state index in [9.17, 15) is 13.6 Å². The number of nitrogens with zero attached hydrogens (tertiary/aromatic N) is 1. The van der Waals surface area contributed by atoms with Crippen molar-refractivity contribution in [2.24, 2.45) is 0 Å².